The van der Waals surface area contributed by atoms with E-state index in [-0.39, 0.29) is 0 Å². The molecule has 2 fully saturated rings. The second-order valence-electron chi connectivity index (χ2n) is 6.62. The lowest BCUT2D eigenvalue weighted by molar-refractivity contribution is -0.117. The highest BCUT2D eigenvalue weighted by Crippen LogP contribution is 2.40. The van der Waals surface area contributed by atoms with E-state index in [4.69, 9.17) is 11.6 Å². The lowest BCUT2D eigenvalue weighted by Crippen LogP contribution is -2.10. The van der Waals surface area contributed by atoms with Crippen molar-refractivity contribution in [3.8, 4) is 11.4 Å². The number of nitrogens with zero attached hydrogens (tertiary/aromatic N) is 3. The van der Waals surface area contributed by atoms with Gasteiger partial charge in [-0.15, -0.1) is 10.2 Å². The minimum absolute atomic E-state index is 0.334. The van der Waals surface area contributed by atoms with Crippen molar-refractivity contribution >= 4 is 29.1 Å². The SMILES string of the molecule is O=C1CC[C@@H](Sc2nnc(-c3ccccc3Cl)n2C2CCCC2)C1. The molecule has 0 spiro atoms. The van der Waals surface area contributed by atoms with E-state index in [1.807, 2.05) is 24.3 Å². The third-order valence-electron chi connectivity index (χ3n) is 4.94. The molecule has 0 amide bonds. The van der Waals surface area contributed by atoms with Gasteiger partial charge in [-0.25, -0.2) is 0 Å². The van der Waals surface area contributed by atoms with Crippen LogP contribution in [0.2, 0.25) is 5.02 Å². The molecule has 126 valence electrons. The van der Waals surface area contributed by atoms with Crippen LogP contribution in [0, 0.1) is 0 Å². The number of ketones is 1. The van der Waals surface area contributed by atoms with E-state index >= 15 is 0 Å². The number of rotatable bonds is 4. The summed E-state index contributed by atoms with van der Waals surface area (Å²) in [4.78, 5) is 11.6. The maximum atomic E-state index is 11.6. The predicted octanol–water partition coefficient (Wildman–Crippen LogP) is 4.93. The van der Waals surface area contributed by atoms with Crippen molar-refractivity contribution in [3.05, 3.63) is 29.3 Å². The number of aromatic nitrogens is 3. The molecule has 2 aliphatic rings. The van der Waals surface area contributed by atoms with E-state index in [1.54, 1.807) is 11.8 Å². The zero-order valence-electron chi connectivity index (χ0n) is 13.4. The van der Waals surface area contributed by atoms with Crippen LogP contribution >= 0.6 is 23.4 Å². The van der Waals surface area contributed by atoms with E-state index in [0.29, 0.717) is 34.9 Å². The summed E-state index contributed by atoms with van der Waals surface area (Å²) in [6, 6.07) is 8.25. The van der Waals surface area contributed by atoms with Crippen LogP contribution in [0.1, 0.15) is 51.0 Å². The fraction of sp³-hybridized carbons (Fsp3) is 0.500. The lowest BCUT2D eigenvalue weighted by atomic mass is 10.2. The van der Waals surface area contributed by atoms with Crippen LogP contribution in [0.25, 0.3) is 11.4 Å². The summed E-state index contributed by atoms with van der Waals surface area (Å²) in [5.41, 5.74) is 0.938. The zero-order valence-corrected chi connectivity index (χ0v) is 15.0. The molecule has 4 nitrogen and oxygen atoms in total. The van der Waals surface area contributed by atoms with E-state index in [1.165, 1.54) is 12.8 Å². The van der Waals surface area contributed by atoms with Crippen molar-refractivity contribution in [1.82, 2.24) is 14.8 Å². The van der Waals surface area contributed by atoms with Crippen molar-refractivity contribution < 1.29 is 4.79 Å². The van der Waals surface area contributed by atoms with Gasteiger partial charge in [-0.3, -0.25) is 9.36 Å². The number of hydrogen-bond acceptors (Lipinski definition) is 4. The summed E-state index contributed by atoms with van der Waals surface area (Å²) >= 11 is 8.12. The highest BCUT2D eigenvalue weighted by atomic mass is 35.5. The number of thioether (sulfide) groups is 1. The van der Waals surface area contributed by atoms with E-state index in [2.05, 4.69) is 14.8 Å². The van der Waals surface area contributed by atoms with E-state index in [0.717, 1.165) is 35.8 Å². The average molecular weight is 362 g/mol. The standard InChI is InChI=1S/C18H20ClN3OS/c19-16-8-4-3-7-15(16)17-20-21-18(22(17)12-5-1-2-6-12)24-14-10-9-13(23)11-14/h3-4,7-8,12,14H,1-2,5-6,9-11H2/t14-/m1/s1. The molecule has 0 radical (unpaired) electrons. The van der Waals surface area contributed by atoms with Gasteiger partial charge in [0.1, 0.15) is 5.78 Å². The number of carbonyl (C=O) groups is 1. The minimum atomic E-state index is 0.334. The highest BCUT2D eigenvalue weighted by Gasteiger charge is 2.29. The Morgan fingerprint density at radius 2 is 1.92 bits per heavy atom. The fourth-order valence-electron chi connectivity index (χ4n) is 3.70. The first-order valence-corrected chi connectivity index (χ1v) is 9.86. The molecule has 0 saturated heterocycles. The molecule has 2 aliphatic carbocycles. The van der Waals surface area contributed by atoms with Crippen molar-refractivity contribution in [2.75, 3.05) is 0 Å². The molecular formula is C18H20ClN3OS. The van der Waals surface area contributed by atoms with Gasteiger partial charge in [0, 0.05) is 29.7 Å². The van der Waals surface area contributed by atoms with Crippen molar-refractivity contribution in [2.45, 2.75) is 61.4 Å². The Bertz CT molecular complexity index is 754. The number of hydrogen-bond donors (Lipinski definition) is 0. The largest absolute Gasteiger partial charge is 0.300 e. The molecule has 0 N–H and O–H groups in total. The number of halogens is 1. The summed E-state index contributed by atoms with van der Waals surface area (Å²) in [6.07, 6.45) is 7.12. The van der Waals surface area contributed by atoms with Crippen molar-refractivity contribution in [2.24, 2.45) is 0 Å². The van der Waals surface area contributed by atoms with Gasteiger partial charge in [0.25, 0.3) is 0 Å². The Morgan fingerprint density at radius 3 is 2.62 bits per heavy atom. The topological polar surface area (TPSA) is 47.8 Å². The summed E-state index contributed by atoms with van der Waals surface area (Å²) in [5, 5.41) is 10.9. The molecule has 0 aliphatic heterocycles. The van der Waals surface area contributed by atoms with Gasteiger partial charge in [0.05, 0.1) is 5.02 Å². The van der Waals surface area contributed by atoms with Gasteiger partial charge >= 0.3 is 0 Å². The third-order valence-corrected chi connectivity index (χ3v) is 6.50. The molecule has 1 aromatic heterocycles. The van der Waals surface area contributed by atoms with E-state index in [9.17, 15) is 4.79 Å². The highest BCUT2D eigenvalue weighted by molar-refractivity contribution is 7.99. The second kappa shape index (κ2) is 6.89. The van der Waals surface area contributed by atoms with Crippen molar-refractivity contribution in [1.29, 1.82) is 0 Å². The first kappa shape index (κ1) is 16.2. The van der Waals surface area contributed by atoms with Crippen LogP contribution in [0.15, 0.2) is 29.4 Å². The first-order chi connectivity index (χ1) is 11.7. The Balaban J connectivity index is 1.71. The molecule has 6 heteroatoms. The maximum absolute atomic E-state index is 11.6. The third kappa shape index (κ3) is 3.11. The maximum Gasteiger partial charge on any atom is 0.192 e. The molecule has 1 heterocycles. The van der Waals surface area contributed by atoms with Crippen LogP contribution in [0.4, 0.5) is 0 Å². The first-order valence-electron chi connectivity index (χ1n) is 8.60. The molecular weight excluding hydrogens is 342 g/mol. The molecule has 24 heavy (non-hydrogen) atoms. The molecule has 0 unspecified atom stereocenters. The number of carbonyl (C=O) groups excluding carboxylic acids is 1. The van der Waals surface area contributed by atoms with Crippen LogP contribution in [0.5, 0.6) is 0 Å². The number of Topliss-reactive ketones (excluding diaryl/α,β-unsaturated/α-hetero) is 1. The summed E-state index contributed by atoms with van der Waals surface area (Å²) in [5.74, 6) is 1.23. The minimum Gasteiger partial charge on any atom is -0.300 e. The summed E-state index contributed by atoms with van der Waals surface area (Å²) in [6.45, 7) is 0. The van der Waals surface area contributed by atoms with Crippen molar-refractivity contribution in [3.63, 3.8) is 0 Å². The van der Waals surface area contributed by atoms with Gasteiger partial charge in [-0.05, 0) is 31.4 Å². The summed E-state index contributed by atoms with van der Waals surface area (Å²) < 4.78 is 2.28. The van der Waals surface area contributed by atoms with Crippen LogP contribution in [-0.4, -0.2) is 25.8 Å². The number of benzene rings is 1. The Hall–Kier alpha value is -1.33. The molecule has 2 aromatic rings. The average Bonchev–Trinajstić information content (AvgIpc) is 3.29. The Morgan fingerprint density at radius 1 is 1.12 bits per heavy atom. The molecule has 2 saturated carbocycles. The lowest BCUT2D eigenvalue weighted by Gasteiger charge is -2.18. The molecule has 1 aromatic carbocycles. The van der Waals surface area contributed by atoms with Gasteiger partial charge in [-0.2, -0.15) is 0 Å². The van der Waals surface area contributed by atoms with Crippen LogP contribution in [0.3, 0.4) is 0 Å². The summed E-state index contributed by atoms with van der Waals surface area (Å²) in [7, 11) is 0. The van der Waals surface area contributed by atoms with Crippen LogP contribution < -0.4 is 0 Å². The van der Waals surface area contributed by atoms with Gasteiger partial charge in [-0.1, -0.05) is 48.3 Å². The second-order valence-corrected chi connectivity index (χ2v) is 8.29. The Kier molecular flexibility index (Phi) is 4.63. The quantitative estimate of drug-likeness (QED) is 0.774. The Labute approximate surface area is 151 Å². The normalized spacial score (nSPS) is 21.7. The molecule has 1 atom stereocenters. The molecule has 4 rings (SSSR count). The predicted molar refractivity (Wildman–Crippen MR) is 96.5 cm³/mol. The fourth-order valence-corrected chi connectivity index (χ4v) is 5.17. The molecule has 0 bridgehead atoms. The monoisotopic (exact) mass is 361 g/mol. The van der Waals surface area contributed by atoms with Gasteiger partial charge in [0.15, 0.2) is 11.0 Å². The van der Waals surface area contributed by atoms with Gasteiger partial charge in [0.2, 0.25) is 0 Å². The van der Waals surface area contributed by atoms with E-state index < -0.39 is 0 Å². The smallest absolute Gasteiger partial charge is 0.192 e. The van der Waals surface area contributed by atoms with Gasteiger partial charge < -0.3 is 0 Å². The zero-order chi connectivity index (χ0) is 16.5. The van der Waals surface area contributed by atoms with Crippen LogP contribution in [-0.2, 0) is 4.79 Å².